The summed E-state index contributed by atoms with van der Waals surface area (Å²) in [6, 6.07) is 6.27. The summed E-state index contributed by atoms with van der Waals surface area (Å²) in [4.78, 5) is 3.20. The Labute approximate surface area is 106 Å². The first-order valence-corrected chi connectivity index (χ1v) is 6.94. The van der Waals surface area contributed by atoms with Crippen LogP contribution in [-0.2, 0) is 9.84 Å². The van der Waals surface area contributed by atoms with E-state index in [-0.39, 0.29) is 4.90 Å². The van der Waals surface area contributed by atoms with Crippen LogP contribution in [0.4, 0.5) is 5.69 Å². The Balaban J connectivity index is 2.46. The molecule has 5 nitrogen and oxygen atoms in total. The molecule has 2 rings (SSSR count). The van der Waals surface area contributed by atoms with Gasteiger partial charge in [0.25, 0.3) is 0 Å². The van der Waals surface area contributed by atoms with Crippen molar-refractivity contribution in [2.24, 2.45) is 10.8 Å². The Morgan fingerprint density at radius 2 is 1.89 bits per heavy atom. The first-order valence-electron chi connectivity index (χ1n) is 5.46. The highest BCUT2D eigenvalue weighted by Gasteiger charge is 2.39. The molecule has 6 heteroatoms. The zero-order valence-electron chi connectivity index (χ0n) is 10.2. The molecular formula is C12H15N3O2S. The summed E-state index contributed by atoms with van der Waals surface area (Å²) in [6.07, 6.45) is 3.32. The van der Waals surface area contributed by atoms with Crippen molar-refractivity contribution in [2.45, 2.75) is 23.6 Å². The molecule has 96 valence electrons. The van der Waals surface area contributed by atoms with Gasteiger partial charge in [-0.05, 0) is 50.3 Å². The number of nitrogen functional groups attached to an aromatic ring is 1. The van der Waals surface area contributed by atoms with Gasteiger partial charge in [-0.15, -0.1) is 0 Å². The number of nitrogens with two attached hydrogens (primary N) is 1. The van der Waals surface area contributed by atoms with Gasteiger partial charge in [-0.1, -0.05) is 0 Å². The van der Waals surface area contributed by atoms with Gasteiger partial charge in [0.1, 0.15) is 0 Å². The minimum absolute atomic E-state index is 0.229. The van der Waals surface area contributed by atoms with Crippen LogP contribution in [0, 0.1) is 0 Å². The van der Waals surface area contributed by atoms with Crippen molar-refractivity contribution in [1.82, 2.24) is 0 Å². The van der Waals surface area contributed by atoms with E-state index >= 15 is 0 Å². The number of sulfone groups is 1. The van der Waals surface area contributed by atoms with Crippen LogP contribution in [0.3, 0.4) is 0 Å². The highest BCUT2D eigenvalue weighted by Crippen LogP contribution is 2.31. The minimum atomic E-state index is -3.54. The lowest BCUT2D eigenvalue weighted by molar-refractivity contribution is 0.569. The van der Waals surface area contributed by atoms with Crippen molar-refractivity contribution < 1.29 is 8.42 Å². The van der Waals surface area contributed by atoms with Crippen LogP contribution in [0.25, 0.3) is 0 Å². The van der Waals surface area contributed by atoms with E-state index in [0.717, 1.165) is 0 Å². The lowest BCUT2D eigenvalue weighted by Crippen LogP contribution is -2.29. The highest BCUT2D eigenvalue weighted by molar-refractivity contribution is 7.93. The molecule has 0 aliphatic carbocycles. The summed E-state index contributed by atoms with van der Waals surface area (Å²) in [7, 11) is -3.54. The number of aliphatic imine (C=N–C) groups is 1. The molecule has 0 bridgehead atoms. The maximum Gasteiger partial charge on any atom is 0.207 e. The van der Waals surface area contributed by atoms with E-state index in [1.165, 1.54) is 12.1 Å². The number of hydrogen-bond acceptors (Lipinski definition) is 5. The molecule has 1 aromatic carbocycles. The van der Waals surface area contributed by atoms with E-state index in [4.69, 9.17) is 5.84 Å². The highest BCUT2D eigenvalue weighted by atomic mass is 32.2. The van der Waals surface area contributed by atoms with Crippen molar-refractivity contribution in [2.75, 3.05) is 5.43 Å². The molecule has 0 spiro atoms. The number of allylic oxidation sites excluding steroid dienone is 1. The van der Waals surface area contributed by atoms with Crippen LogP contribution in [0.5, 0.6) is 0 Å². The molecule has 1 aliphatic heterocycles. The smallest absolute Gasteiger partial charge is 0.207 e. The molecular weight excluding hydrogens is 250 g/mol. The lowest BCUT2D eigenvalue weighted by Gasteiger charge is -2.19. The standard InChI is InChI=1S/C12H15N3O2S/c1-9-7-8-12(2,14-9)18(16,17)11-5-3-10(15-13)4-6-11/h3-8,15H,13H2,1-2H3. The summed E-state index contributed by atoms with van der Waals surface area (Å²) in [5, 5.41) is 0. The van der Waals surface area contributed by atoms with Crippen molar-refractivity contribution >= 4 is 21.2 Å². The van der Waals surface area contributed by atoms with Crippen molar-refractivity contribution in [3.63, 3.8) is 0 Å². The number of nitrogens with zero attached hydrogens (tertiary/aromatic N) is 1. The number of anilines is 1. The molecule has 0 radical (unpaired) electrons. The van der Waals surface area contributed by atoms with Crippen LogP contribution >= 0.6 is 0 Å². The van der Waals surface area contributed by atoms with Crippen LogP contribution < -0.4 is 11.3 Å². The van der Waals surface area contributed by atoms with Gasteiger partial charge < -0.3 is 5.43 Å². The number of hydrazine groups is 1. The zero-order chi connectivity index (χ0) is 13.4. The van der Waals surface area contributed by atoms with Crippen LogP contribution in [0.15, 0.2) is 46.3 Å². The SMILES string of the molecule is CC1=NC(C)(S(=O)(=O)c2ccc(NN)cc2)C=C1. The normalized spacial score (nSPS) is 22.9. The van der Waals surface area contributed by atoms with Crippen LogP contribution in [0.2, 0.25) is 0 Å². The summed E-state index contributed by atoms with van der Waals surface area (Å²) in [6.45, 7) is 3.36. The molecule has 1 atom stereocenters. The Morgan fingerprint density at radius 1 is 1.28 bits per heavy atom. The van der Waals surface area contributed by atoms with Crippen molar-refractivity contribution in [1.29, 1.82) is 0 Å². The monoisotopic (exact) mass is 265 g/mol. The van der Waals surface area contributed by atoms with Gasteiger partial charge >= 0.3 is 0 Å². The summed E-state index contributed by atoms with van der Waals surface area (Å²) in [5.41, 5.74) is 3.82. The van der Waals surface area contributed by atoms with Crippen molar-refractivity contribution in [3.05, 3.63) is 36.4 Å². The van der Waals surface area contributed by atoms with E-state index in [0.29, 0.717) is 11.4 Å². The fraction of sp³-hybridized carbons (Fsp3) is 0.250. The molecule has 0 saturated heterocycles. The van der Waals surface area contributed by atoms with E-state index in [1.54, 1.807) is 38.1 Å². The predicted molar refractivity (Wildman–Crippen MR) is 72.1 cm³/mol. The maximum absolute atomic E-state index is 12.5. The molecule has 0 fully saturated rings. The first kappa shape index (κ1) is 12.8. The molecule has 1 heterocycles. The summed E-state index contributed by atoms with van der Waals surface area (Å²) < 4.78 is 25.0. The van der Waals surface area contributed by atoms with E-state index in [9.17, 15) is 8.42 Å². The minimum Gasteiger partial charge on any atom is -0.324 e. The Bertz CT molecular complexity index is 617. The third-order valence-corrected chi connectivity index (χ3v) is 5.12. The fourth-order valence-corrected chi connectivity index (χ4v) is 3.30. The van der Waals surface area contributed by atoms with Gasteiger partial charge in [0.15, 0.2) is 4.87 Å². The van der Waals surface area contributed by atoms with Gasteiger partial charge in [0.2, 0.25) is 9.84 Å². The van der Waals surface area contributed by atoms with Gasteiger partial charge in [-0.3, -0.25) is 10.8 Å². The summed E-state index contributed by atoms with van der Waals surface area (Å²) in [5.74, 6) is 5.24. The largest absolute Gasteiger partial charge is 0.324 e. The molecule has 18 heavy (non-hydrogen) atoms. The number of hydrogen-bond donors (Lipinski definition) is 2. The molecule has 0 amide bonds. The van der Waals surface area contributed by atoms with E-state index < -0.39 is 14.7 Å². The van der Waals surface area contributed by atoms with Gasteiger partial charge in [0.05, 0.1) is 4.90 Å². The Hall–Kier alpha value is -1.66. The third kappa shape index (κ3) is 1.93. The second-order valence-corrected chi connectivity index (χ2v) is 6.62. The number of nitrogens with one attached hydrogen (secondary N) is 1. The van der Waals surface area contributed by atoms with E-state index in [2.05, 4.69) is 10.4 Å². The van der Waals surface area contributed by atoms with Crippen molar-refractivity contribution in [3.8, 4) is 0 Å². The van der Waals surface area contributed by atoms with Gasteiger partial charge in [-0.2, -0.15) is 0 Å². The Kier molecular flexibility index (Phi) is 3.00. The average Bonchev–Trinajstić information content (AvgIpc) is 2.71. The fourth-order valence-electron chi connectivity index (χ4n) is 1.82. The number of benzene rings is 1. The average molecular weight is 265 g/mol. The Morgan fingerprint density at radius 3 is 2.33 bits per heavy atom. The van der Waals surface area contributed by atoms with E-state index in [1.807, 2.05) is 0 Å². The lowest BCUT2D eigenvalue weighted by atomic mass is 10.3. The zero-order valence-corrected chi connectivity index (χ0v) is 11.0. The van der Waals surface area contributed by atoms with Crippen LogP contribution in [0.1, 0.15) is 13.8 Å². The second-order valence-electron chi connectivity index (χ2n) is 4.31. The topological polar surface area (TPSA) is 84.5 Å². The molecule has 1 unspecified atom stereocenters. The molecule has 1 aliphatic rings. The second kappa shape index (κ2) is 4.22. The van der Waals surface area contributed by atoms with Crippen LogP contribution in [-0.4, -0.2) is 19.0 Å². The quantitative estimate of drug-likeness (QED) is 0.640. The molecule has 1 aromatic rings. The number of rotatable bonds is 3. The maximum atomic E-state index is 12.5. The van der Waals surface area contributed by atoms with Gasteiger partial charge in [0, 0.05) is 11.4 Å². The first-order chi connectivity index (χ1) is 8.39. The molecule has 0 saturated carbocycles. The predicted octanol–water partition coefficient (Wildman–Crippen LogP) is 1.49. The molecule has 3 N–H and O–H groups in total. The molecule has 0 aromatic heterocycles. The summed E-state index contributed by atoms with van der Waals surface area (Å²) >= 11 is 0. The third-order valence-electron chi connectivity index (χ3n) is 2.91. The van der Waals surface area contributed by atoms with Gasteiger partial charge in [-0.25, -0.2) is 8.42 Å².